The molecule has 0 spiro atoms. The van der Waals surface area contributed by atoms with Crippen molar-refractivity contribution < 1.29 is 9.15 Å². The van der Waals surface area contributed by atoms with Gasteiger partial charge in [0.25, 0.3) is 0 Å². The molecule has 0 amide bonds. The van der Waals surface area contributed by atoms with Crippen LogP contribution >= 0.6 is 0 Å². The second-order valence-corrected chi connectivity index (χ2v) is 5.12. The van der Waals surface area contributed by atoms with Crippen LogP contribution in [0.1, 0.15) is 44.9 Å². The minimum Gasteiger partial charge on any atom is -0.425 e. The van der Waals surface area contributed by atoms with Gasteiger partial charge in [0.2, 0.25) is 11.8 Å². The zero-order chi connectivity index (χ0) is 12.8. The Bertz CT molecular complexity index is 346. The number of hydrogen-bond acceptors (Lipinski definition) is 5. The number of nitrogens with one attached hydrogen (secondary N) is 1. The molecule has 1 aromatic heterocycles. The lowest BCUT2D eigenvalue weighted by Gasteiger charge is -2.06. The van der Waals surface area contributed by atoms with E-state index in [-0.39, 0.29) is 0 Å². The summed E-state index contributed by atoms with van der Waals surface area (Å²) in [5.74, 6) is 1.47. The number of hydrogen-bond donors (Lipinski definition) is 1. The first kappa shape index (κ1) is 13.5. The summed E-state index contributed by atoms with van der Waals surface area (Å²) in [4.78, 5) is 0. The molecule has 2 heterocycles. The van der Waals surface area contributed by atoms with E-state index in [9.17, 15) is 0 Å². The standard InChI is InChI=1S/C13H23N3O2/c1-10(2)14-8-7-13-16-15-12(18-13)6-5-11-4-3-9-17-11/h10-11,14H,3-9H2,1-2H3. The Morgan fingerprint density at radius 2 is 2.06 bits per heavy atom. The van der Waals surface area contributed by atoms with Gasteiger partial charge in [0.1, 0.15) is 0 Å². The molecule has 18 heavy (non-hydrogen) atoms. The van der Waals surface area contributed by atoms with Crippen LogP contribution in [-0.2, 0) is 17.6 Å². The van der Waals surface area contributed by atoms with Gasteiger partial charge in [0.15, 0.2) is 0 Å². The molecule has 0 saturated carbocycles. The molecule has 1 saturated heterocycles. The zero-order valence-electron chi connectivity index (χ0n) is 11.3. The van der Waals surface area contributed by atoms with E-state index in [2.05, 4.69) is 29.4 Å². The van der Waals surface area contributed by atoms with Crippen molar-refractivity contribution >= 4 is 0 Å². The van der Waals surface area contributed by atoms with E-state index in [1.165, 1.54) is 12.8 Å². The average Bonchev–Trinajstić information content (AvgIpc) is 2.96. The summed E-state index contributed by atoms with van der Waals surface area (Å²) in [7, 11) is 0. The maximum absolute atomic E-state index is 5.61. The van der Waals surface area contributed by atoms with Gasteiger partial charge in [0.05, 0.1) is 6.10 Å². The van der Waals surface area contributed by atoms with Gasteiger partial charge in [0, 0.05) is 32.0 Å². The summed E-state index contributed by atoms with van der Waals surface area (Å²) in [6, 6.07) is 0.493. The van der Waals surface area contributed by atoms with Crippen LogP contribution in [-0.4, -0.2) is 35.5 Å². The molecule has 1 fully saturated rings. The molecule has 102 valence electrons. The van der Waals surface area contributed by atoms with Crippen molar-refractivity contribution in [2.45, 2.75) is 58.1 Å². The van der Waals surface area contributed by atoms with Crippen molar-refractivity contribution in [2.75, 3.05) is 13.2 Å². The first-order valence-corrected chi connectivity index (χ1v) is 6.90. The Hall–Kier alpha value is -0.940. The van der Waals surface area contributed by atoms with Crippen molar-refractivity contribution in [3.05, 3.63) is 11.8 Å². The Balaban J connectivity index is 1.68. The predicted octanol–water partition coefficient (Wildman–Crippen LogP) is 1.72. The lowest BCUT2D eigenvalue weighted by atomic mass is 10.1. The second kappa shape index (κ2) is 6.85. The molecule has 1 N–H and O–H groups in total. The van der Waals surface area contributed by atoms with Gasteiger partial charge in [-0.05, 0) is 19.3 Å². The summed E-state index contributed by atoms with van der Waals surface area (Å²) < 4.78 is 11.2. The quantitative estimate of drug-likeness (QED) is 0.801. The molecule has 0 radical (unpaired) electrons. The molecule has 1 aliphatic heterocycles. The van der Waals surface area contributed by atoms with Gasteiger partial charge in [-0.3, -0.25) is 0 Å². The molecule has 1 unspecified atom stereocenters. The number of ether oxygens (including phenoxy) is 1. The molecule has 5 heteroatoms. The van der Waals surface area contributed by atoms with Crippen molar-refractivity contribution in [3.8, 4) is 0 Å². The van der Waals surface area contributed by atoms with Crippen molar-refractivity contribution in [2.24, 2.45) is 0 Å². The molecular weight excluding hydrogens is 230 g/mol. The van der Waals surface area contributed by atoms with Gasteiger partial charge in [-0.25, -0.2) is 0 Å². The van der Waals surface area contributed by atoms with Crippen LogP contribution in [0.5, 0.6) is 0 Å². The van der Waals surface area contributed by atoms with Gasteiger partial charge in [-0.15, -0.1) is 10.2 Å². The highest BCUT2D eigenvalue weighted by Gasteiger charge is 2.16. The van der Waals surface area contributed by atoms with E-state index >= 15 is 0 Å². The summed E-state index contributed by atoms with van der Waals surface area (Å²) in [6.45, 7) is 6.04. The first-order chi connectivity index (χ1) is 8.74. The van der Waals surface area contributed by atoms with Crippen LogP contribution in [0.4, 0.5) is 0 Å². The van der Waals surface area contributed by atoms with Crippen molar-refractivity contribution in [1.29, 1.82) is 0 Å². The SMILES string of the molecule is CC(C)NCCc1nnc(CCC2CCCO2)o1. The number of aromatic nitrogens is 2. The Labute approximate surface area is 108 Å². The number of rotatable bonds is 7. The van der Waals surface area contributed by atoms with Crippen LogP contribution in [0.25, 0.3) is 0 Å². The molecule has 1 atom stereocenters. The molecule has 1 aliphatic rings. The van der Waals surface area contributed by atoms with Gasteiger partial charge in [-0.2, -0.15) is 0 Å². The van der Waals surface area contributed by atoms with Crippen LogP contribution < -0.4 is 5.32 Å². The van der Waals surface area contributed by atoms with E-state index in [1.54, 1.807) is 0 Å². The normalized spacial score (nSPS) is 19.8. The highest BCUT2D eigenvalue weighted by atomic mass is 16.5. The molecule has 2 rings (SSSR count). The molecule has 0 bridgehead atoms. The van der Waals surface area contributed by atoms with Crippen LogP contribution in [0, 0.1) is 0 Å². The maximum Gasteiger partial charge on any atom is 0.217 e. The third-order valence-electron chi connectivity index (χ3n) is 3.10. The number of nitrogens with zero attached hydrogens (tertiary/aromatic N) is 2. The predicted molar refractivity (Wildman–Crippen MR) is 68.4 cm³/mol. The van der Waals surface area contributed by atoms with E-state index in [1.807, 2.05) is 0 Å². The Morgan fingerprint density at radius 1 is 1.28 bits per heavy atom. The fourth-order valence-electron chi connectivity index (χ4n) is 2.11. The molecular formula is C13H23N3O2. The minimum atomic E-state index is 0.392. The fourth-order valence-corrected chi connectivity index (χ4v) is 2.11. The minimum absolute atomic E-state index is 0.392. The summed E-state index contributed by atoms with van der Waals surface area (Å²) in [5.41, 5.74) is 0. The monoisotopic (exact) mass is 253 g/mol. The second-order valence-electron chi connectivity index (χ2n) is 5.12. The highest BCUT2D eigenvalue weighted by molar-refractivity contribution is 4.84. The van der Waals surface area contributed by atoms with Crippen molar-refractivity contribution in [3.63, 3.8) is 0 Å². The number of aryl methyl sites for hydroxylation is 1. The zero-order valence-corrected chi connectivity index (χ0v) is 11.3. The topological polar surface area (TPSA) is 60.2 Å². The third kappa shape index (κ3) is 4.38. The summed E-state index contributed by atoms with van der Waals surface area (Å²) in [6.07, 6.45) is 5.36. The summed E-state index contributed by atoms with van der Waals surface area (Å²) >= 11 is 0. The molecule has 0 aliphatic carbocycles. The van der Waals surface area contributed by atoms with Crippen LogP contribution in [0.3, 0.4) is 0 Å². The van der Waals surface area contributed by atoms with E-state index in [0.717, 1.165) is 44.2 Å². The highest BCUT2D eigenvalue weighted by Crippen LogP contribution is 2.17. The van der Waals surface area contributed by atoms with Crippen LogP contribution in [0.15, 0.2) is 4.42 Å². The molecule has 5 nitrogen and oxygen atoms in total. The lowest BCUT2D eigenvalue weighted by molar-refractivity contribution is 0.103. The smallest absolute Gasteiger partial charge is 0.217 e. The first-order valence-electron chi connectivity index (χ1n) is 6.90. The van der Waals surface area contributed by atoms with Gasteiger partial charge in [-0.1, -0.05) is 13.8 Å². The lowest BCUT2D eigenvalue weighted by Crippen LogP contribution is -2.25. The largest absolute Gasteiger partial charge is 0.425 e. The third-order valence-corrected chi connectivity index (χ3v) is 3.10. The van der Waals surface area contributed by atoms with Crippen LogP contribution in [0.2, 0.25) is 0 Å². The Kier molecular flexibility index (Phi) is 5.13. The fraction of sp³-hybridized carbons (Fsp3) is 0.846. The Morgan fingerprint density at radius 3 is 2.72 bits per heavy atom. The van der Waals surface area contributed by atoms with Gasteiger partial charge >= 0.3 is 0 Å². The van der Waals surface area contributed by atoms with Crippen molar-refractivity contribution in [1.82, 2.24) is 15.5 Å². The van der Waals surface area contributed by atoms with E-state index in [4.69, 9.17) is 9.15 Å². The van der Waals surface area contributed by atoms with Gasteiger partial charge < -0.3 is 14.5 Å². The van der Waals surface area contributed by atoms with E-state index in [0.29, 0.717) is 12.1 Å². The summed E-state index contributed by atoms with van der Waals surface area (Å²) in [5, 5.41) is 11.5. The average molecular weight is 253 g/mol. The maximum atomic E-state index is 5.61. The molecule has 1 aromatic rings. The molecule has 0 aromatic carbocycles. The van der Waals surface area contributed by atoms with E-state index < -0.39 is 0 Å².